The maximum atomic E-state index is 12.5. The average Bonchev–Trinajstić information content (AvgIpc) is 3.28. The number of pyridine rings is 2. The molecule has 2 atom stereocenters. The number of nitrogens with zero attached hydrogens (tertiary/aromatic N) is 3. The summed E-state index contributed by atoms with van der Waals surface area (Å²) in [6, 6.07) is 11.8. The molecule has 1 amide bonds. The predicted molar refractivity (Wildman–Crippen MR) is 112 cm³/mol. The second-order valence-electron chi connectivity index (χ2n) is 8.89. The van der Waals surface area contributed by atoms with Crippen LogP contribution in [-0.2, 0) is 4.74 Å². The summed E-state index contributed by atoms with van der Waals surface area (Å²) in [6.07, 6.45) is 0.686. The van der Waals surface area contributed by atoms with E-state index in [4.69, 9.17) is 9.72 Å². The van der Waals surface area contributed by atoms with E-state index in [1.54, 1.807) is 0 Å². The number of hydrogen-bond acceptors (Lipinski definition) is 5. The monoisotopic (exact) mass is 392 g/mol. The molecule has 2 aromatic heterocycles. The fraction of sp³-hybridized carbons (Fsp3) is 0.409. The highest BCUT2D eigenvalue weighted by atomic mass is 16.6. The first kappa shape index (κ1) is 18.0. The lowest BCUT2D eigenvalue weighted by molar-refractivity contribution is 0.0214. The number of piperazine rings is 1. The summed E-state index contributed by atoms with van der Waals surface area (Å²) in [5.41, 5.74) is 0.939. The number of hydrogen-bond donors (Lipinski definition) is 1. The van der Waals surface area contributed by atoms with Crippen molar-refractivity contribution in [2.45, 2.75) is 44.9 Å². The van der Waals surface area contributed by atoms with Crippen molar-refractivity contribution < 1.29 is 9.53 Å². The van der Waals surface area contributed by atoms with Crippen LogP contribution in [0.3, 0.4) is 0 Å². The van der Waals surface area contributed by atoms with E-state index >= 15 is 0 Å². The number of anilines is 1. The molecule has 0 radical (unpaired) electrons. The minimum atomic E-state index is -0.490. The second kappa shape index (κ2) is 6.20. The lowest BCUT2D eigenvalue weighted by Crippen LogP contribution is -2.50. The molecule has 1 aromatic carbocycles. The number of H-pyrrole nitrogens is 1. The molecule has 29 heavy (non-hydrogen) atoms. The van der Waals surface area contributed by atoms with Gasteiger partial charge >= 0.3 is 6.09 Å². The second-order valence-corrected chi connectivity index (χ2v) is 8.89. The van der Waals surface area contributed by atoms with Gasteiger partial charge in [-0.2, -0.15) is 0 Å². The Morgan fingerprint density at radius 3 is 2.55 bits per heavy atom. The van der Waals surface area contributed by atoms with Crippen LogP contribution in [0.25, 0.3) is 21.8 Å². The Morgan fingerprint density at radius 1 is 1.10 bits per heavy atom. The van der Waals surface area contributed by atoms with Crippen molar-refractivity contribution in [1.29, 1.82) is 0 Å². The van der Waals surface area contributed by atoms with Crippen molar-refractivity contribution in [3.05, 3.63) is 46.8 Å². The van der Waals surface area contributed by atoms with Gasteiger partial charge in [-0.3, -0.25) is 4.79 Å². The van der Waals surface area contributed by atoms with Gasteiger partial charge in [-0.1, -0.05) is 18.2 Å². The molecule has 7 nitrogen and oxygen atoms in total. The van der Waals surface area contributed by atoms with Gasteiger partial charge in [-0.25, -0.2) is 9.78 Å². The van der Waals surface area contributed by atoms with Gasteiger partial charge in [0.2, 0.25) is 0 Å². The molecule has 2 aliphatic heterocycles. The third-order valence-corrected chi connectivity index (χ3v) is 5.72. The first-order valence-electron chi connectivity index (χ1n) is 9.98. The third-order valence-electron chi connectivity index (χ3n) is 5.72. The number of fused-ring (bicyclic) bond motifs is 5. The molecule has 1 N–H and O–H groups in total. The summed E-state index contributed by atoms with van der Waals surface area (Å²) in [7, 11) is 0. The van der Waals surface area contributed by atoms with Crippen molar-refractivity contribution in [2.75, 3.05) is 18.0 Å². The number of amides is 1. The van der Waals surface area contributed by atoms with Gasteiger partial charge in [0.25, 0.3) is 5.56 Å². The Kier molecular flexibility index (Phi) is 3.84. The Bertz CT molecular complexity index is 1180. The van der Waals surface area contributed by atoms with Crippen LogP contribution < -0.4 is 10.5 Å². The lowest BCUT2D eigenvalue weighted by atomic mass is 10.1. The standard InChI is InChI=1S/C22H24N4O3/c1-22(2,3)29-21(28)26-12-13-10-14(26)11-25(13)18-9-8-17-19(24-18)15-6-4-5-7-16(15)20(27)23-17/h4-9,13-14H,10-12H2,1-3H3,(H,23,27). The molecule has 7 heteroatoms. The van der Waals surface area contributed by atoms with Gasteiger partial charge in [0.15, 0.2) is 0 Å². The minimum absolute atomic E-state index is 0.101. The Balaban J connectivity index is 1.45. The number of aromatic nitrogens is 2. The van der Waals surface area contributed by atoms with Crippen molar-refractivity contribution >= 4 is 33.7 Å². The number of rotatable bonds is 1. The first-order valence-corrected chi connectivity index (χ1v) is 9.98. The van der Waals surface area contributed by atoms with E-state index in [0.29, 0.717) is 11.9 Å². The topological polar surface area (TPSA) is 78.5 Å². The van der Waals surface area contributed by atoms with Crippen molar-refractivity contribution in [3.63, 3.8) is 0 Å². The van der Waals surface area contributed by atoms with Crippen LogP contribution in [0, 0.1) is 0 Å². The predicted octanol–water partition coefficient (Wildman–Crippen LogP) is 3.27. The number of carbonyl (C=O) groups excluding carboxylic acids is 1. The van der Waals surface area contributed by atoms with Gasteiger partial charge in [0.1, 0.15) is 11.4 Å². The van der Waals surface area contributed by atoms with Crippen LogP contribution in [0.2, 0.25) is 0 Å². The summed E-state index contributed by atoms with van der Waals surface area (Å²) in [6.45, 7) is 7.05. The third kappa shape index (κ3) is 3.01. The highest BCUT2D eigenvalue weighted by Gasteiger charge is 2.47. The highest BCUT2D eigenvalue weighted by molar-refractivity contribution is 6.03. The Labute approximate surface area is 168 Å². The average molecular weight is 392 g/mol. The van der Waals surface area contributed by atoms with E-state index < -0.39 is 5.60 Å². The van der Waals surface area contributed by atoms with E-state index in [0.717, 1.165) is 35.2 Å². The van der Waals surface area contributed by atoms with E-state index in [9.17, 15) is 9.59 Å². The maximum absolute atomic E-state index is 12.5. The summed E-state index contributed by atoms with van der Waals surface area (Å²) < 4.78 is 5.55. The van der Waals surface area contributed by atoms with Crippen molar-refractivity contribution in [1.82, 2.24) is 14.9 Å². The molecule has 150 valence electrons. The molecule has 5 rings (SSSR count). The van der Waals surface area contributed by atoms with Crippen LogP contribution in [0.15, 0.2) is 41.2 Å². The summed E-state index contributed by atoms with van der Waals surface area (Å²) in [5, 5.41) is 1.50. The van der Waals surface area contributed by atoms with Gasteiger partial charge in [0, 0.05) is 23.9 Å². The van der Waals surface area contributed by atoms with Crippen molar-refractivity contribution in [3.8, 4) is 0 Å². The largest absolute Gasteiger partial charge is 0.444 e. The van der Waals surface area contributed by atoms with Gasteiger partial charge in [-0.15, -0.1) is 0 Å². The quantitative estimate of drug-likeness (QED) is 0.643. The van der Waals surface area contributed by atoms with E-state index in [-0.39, 0.29) is 23.7 Å². The molecule has 2 unspecified atom stereocenters. The maximum Gasteiger partial charge on any atom is 0.410 e. The summed E-state index contributed by atoms with van der Waals surface area (Å²) in [5.74, 6) is 0.881. The zero-order valence-electron chi connectivity index (χ0n) is 16.8. The van der Waals surface area contributed by atoms with Gasteiger partial charge < -0.3 is 19.5 Å². The smallest absolute Gasteiger partial charge is 0.410 e. The minimum Gasteiger partial charge on any atom is -0.444 e. The lowest BCUT2D eigenvalue weighted by Gasteiger charge is -2.35. The van der Waals surface area contributed by atoms with Crippen LogP contribution in [0.5, 0.6) is 0 Å². The molecule has 4 heterocycles. The van der Waals surface area contributed by atoms with Crippen LogP contribution in [0.4, 0.5) is 10.6 Å². The van der Waals surface area contributed by atoms with E-state index in [1.807, 2.05) is 62.1 Å². The van der Waals surface area contributed by atoms with E-state index in [2.05, 4.69) is 9.88 Å². The number of aromatic amines is 1. The summed E-state index contributed by atoms with van der Waals surface area (Å²) in [4.78, 5) is 36.7. The van der Waals surface area contributed by atoms with Gasteiger partial charge in [-0.05, 0) is 45.4 Å². The molecule has 2 saturated heterocycles. The normalized spacial score (nSPS) is 21.3. The van der Waals surface area contributed by atoms with Crippen LogP contribution in [0.1, 0.15) is 27.2 Å². The van der Waals surface area contributed by atoms with Crippen molar-refractivity contribution in [2.24, 2.45) is 0 Å². The Hall–Kier alpha value is -3.09. The number of benzene rings is 1. The molecule has 0 aliphatic carbocycles. The fourth-order valence-corrected chi connectivity index (χ4v) is 4.48. The zero-order valence-corrected chi connectivity index (χ0v) is 16.8. The molecule has 2 bridgehead atoms. The number of likely N-dealkylation sites (tertiary alicyclic amines) is 1. The zero-order chi connectivity index (χ0) is 20.3. The fourth-order valence-electron chi connectivity index (χ4n) is 4.48. The number of ether oxygens (including phenoxy) is 1. The molecule has 2 fully saturated rings. The number of carbonyl (C=O) groups is 1. The van der Waals surface area contributed by atoms with Crippen LogP contribution in [-0.4, -0.2) is 51.7 Å². The molecule has 0 saturated carbocycles. The molecule has 0 spiro atoms. The molecule has 2 aliphatic rings. The summed E-state index contributed by atoms with van der Waals surface area (Å²) >= 11 is 0. The SMILES string of the molecule is CC(C)(C)OC(=O)N1CC2CC1CN2c1ccc2[nH]c(=O)c3ccccc3c2n1. The molecule has 3 aromatic rings. The Morgan fingerprint density at radius 2 is 1.86 bits per heavy atom. The highest BCUT2D eigenvalue weighted by Crippen LogP contribution is 2.35. The molecular weight excluding hydrogens is 368 g/mol. The first-order chi connectivity index (χ1) is 13.8. The number of nitrogens with one attached hydrogen (secondary N) is 1. The van der Waals surface area contributed by atoms with Crippen LogP contribution >= 0.6 is 0 Å². The van der Waals surface area contributed by atoms with Gasteiger partial charge in [0.05, 0.1) is 23.1 Å². The van der Waals surface area contributed by atoms with E-state index in [1.165, 1.54) is 0 Å². The molecular formula is C22H24N4O3.